The minimum atomic E-state index is -3.88. The Morgan fingerprint density at radius 2 is 2.22 bits per heavy atom. The van der Waals surface area contributed by atoms with E-state index in [0.29, 0.717) is 13.0 Å². The molecule has 0 aliphatic heterocycles. The van der Waals surface area contributed by atoms with Crippen LogP contribution in [0.15, 0.2) is 23.4 Å². The number of hydrogen-bond donors (Lipinski definition) is 1. The molecule has 102 valence electrons. The number of nitrogens with zero attached hydrogens (tertiary/aromatic N) is 1. The lowest BCUT2D eigenvalue weighted by molar-refractivity contribution is 0.0778. The van der Waals surface area contributed by atoms with Crippen molar-refractivity contribution in [3.05, 3.63) is 24.1 Å². The van der Waals surface area contributed by atoms with Crippen LogP contribution in [-0.4, -0.2) is 32.7 Å². The van der Waals surface area contributed by atoms with Gasteiger partial charge in [-0.2, -0.15) is 0 Å². The highest BCUT2D eigenvalue weighted by Gasteiger charge is 2.19. The normalized spacial score (nSPS) is 12.0. The lowest BCUT2D eigenvalue weighted by Gasteiger charge is -2.08. The number of pyridine rings is 1. The summed E-state index contributed by atoms with van der Waals surface area (Å²) in [6.45, 7) is 4.43. The molecule has 0 radical (unpaired) electrons. The van der Waals surface area contributed by atoms with Gasteiger partial charge in [0.2, 0.25) is 5.03 Å². The van der Waals surface area contributed by atoms with Crippen molar-refractivity contribution in [3.8, 4) is 0 Å². The van der Waals surface area contributed by atoms with Crippen LogP contribution in [0.1, 0.15) is 20.3 Å². The molecule has 1 rings (SSSR count). The van der Waals surface area contributed by atoms with Crippen LogP contribution in [0.5, 0.6) is 0 Å². The quantitative estimate of drug-likeness (QED) is 0.763. The van der Waals surface area contributed by atoms with Gasteiger partial charge >= 0.3 is 0 Å². The molecule has 0 aliphatic rings. The van der Waals surface area contributed by atoms with Crippen molar-refractivity contribution in [1.82, 2.24) is 9.71 Å². The first-order valence-corrected chi connectivity index (χ1v) is 7.13. The Morgan fingerprint density at radius 1 is 1.50 bits per heavy atom. The molecule has 18 heavy (non-hydrogen) atoms. The van der Waals surface area contributed by atoms with Gasteiger partial charge in [0, 0.05) is 19.3 Å². The first-order valence-electron chi connectivity index (χ1n) is 5.65. The second-order valence-corrected chi connectivity index (χ2v) is 5.64. The average molecular weight is 276 g/mol. The molecule has 0 saturated heterocycles. The maximum Gasteiger partial charge on any atom is 0.261 e. The smallest absolute Gasteiger partial charge is 0.261 e. The minimum absolute atomic E-state index is 0.106. The van der Waals surface area contributed by atoms with Gasteiger partial charge in [0.25, 0.3) is 10.0 Å². The third-order valence-electron chi connectivity index (χ3n) is 2.04. The van der Waals surface area contributed by atoms with Gasteiger partial charge in [0.05, 0.1) is 6.10 Å². The summed E-state index contributed by atoms with van der Waals surface area (Å²) in [5.41, 5.74) is 0. The van der Waals surface area contributed by atoms with E-state index in [0.717, 1.165) is 6.07 Å². The van der Waals surface area contributed by atoms with E-state index in [9.17, 15) is 12.8 Å². The molecular weight excluding hydrogens is 259 g/mol. The molecule has 1 heterocycles. The van der Waals surface area contributed by atoms with Gasteiger partial charge < -0.3 is 4.74 Å². The largest absolute Gasteiger partial charge is 0.379 e. The molecule has 0 amide bonds. The van der Waals surface area contributed by atoms with Gasteiger partial charge in [-0.3, -0.25) is 0 Å². The van der Waals surface area contributed by atoms with Crippen LogP contribution in [-0.2, 0) is 14.8 Å². The summed E-state index contributed by atoms with van der Waals surface area (Å²) in [5, 5.41) is -0.574. The summed E-state index contributed by atoms with van der Waals surface area (Å²) in [6, 6.07) is 2.40. The van der Waals surface area contributed by atoms with E-state index < -0.39 is 20.9 Å². The molecule has 0 spiro atoms. The van der Waals surface area contributed by atoms with Crippen molar-refractivity contribution >= 4 is 10.0 Å². The van der Waals surface area contributed by atoms with E-state index in [1.807, 2.05) is 13.8 Å². The first-order chi connectivity index (χ1) is 8.43. The zero-order valence-electron chi connectivity index (χ0n) is 10.4. The number of rotatable bonds is 7. The van der Waals surface area contributed by atoms with Crippen LogP contribution in [0.2, 0.25) is 0 Å². The monoisotopic (exact) mass is 276 g/mol. The SMILES string of the molecule is CC(C)OCCCNS(=O)(=O)c1ncccc1F. The molecule has 0 bridgehead atoms. The van der Waals surface area contributed by atoms with E-state index in [1.54, 1.807) is 0 Å². The maximum absolute atomic E-state index is 13.3. The molecule has 1 N–H and O–H groups in total. The fourth-order valence-electron chi connectivity index (χ4n) is 1.24. The zero-order chi connectivity index (χ0) is 13.6. The third kappa shape index (κ3) is 4.67. The second-order valence-electron chi connectivity index (χ2n) is 3.96. The van der Waals surface area contributed by atoms with Crippen LogP contribution < -0.4 is 4.72 Å². The lowest BCUT2D eigenvalue weighted by Crippen LogP contribution is -2.27. The number of aromatic nitrogens is 1. The van der Waals surface area contributed by atoms with E-state index in [2.05, 4.69) is 9.71 Å². The third-order valence-corrected chi connectivity index (χ3v) is 3.44. The van der Waals surface area contributed by atoms with Crippen LogP contribution in [0.25, 0.3) is 0 Å². The van der Waals surface area contributed by atoms with Crippen molar-refractivity contribution in [1.29, 1.82) is 0 Å². The summed E-state index contributed by atoms with van der Waals surface area (Å²) < 4.78 is 44.2. The summed E-state index contributed by atoms with van der Waals surface area (Å²) >= 11 is 0. The Balaban J connectivity index is 2.49. The van der Waals surface area contributed by atoms with Gasteiger partial charge in [0.15, 0.2) is 5.82 Å². The predicted octanol–water partition coefficient (Wildman–Crippen LogP) is 1.31. The number of sulfonamides is 1. The molecule has 1 aromatic heterocycles. The molecule has 1 aromatic rings. The van der Waals surface area contributed by atoms with E-state index in [-0.39, 0.29) is 12.6 Å². The Morgan fingerprint density at radius 3 is 2.83 bits per heavy atom. The second kappa shape index (κ2) is 6.77. The highest BCUT2D eigenvalue weighted by Crippen LogP contribution is 2.09. The fourth-order valence-corrected chi connectivity index (χ4v) is 2.31. The predicted molar refractivity (Wildman–Crippen MR) is 65.1 cm³/mol. The fraction of sp³-hybridized carbons (Fsp3) is 0.545. The molecule has 0 atom stereocenters. The maximum atomic E-state index is 13.3. The Kier molecular flexibility index (Phi) is 5.64. The van der Waals surface area contributed by atoms with Gasteiger partial charge in [-0.25, -0.2) is 22.5 Å². The van der Waals surface area contributed by atoms with Crippen molar-refractivity contribution in [2.24, 2.45) is 0 Å². The van der Waals surface area contributed by atoms with Crippen molar-refractivity contribution in [2.45, 2.75) is 31.4 Å². The number of halogens is 1. The van der Waals surface area contributed by atoms with Crippen LogP contribution in [0.4, 0.5) is 4.39 Å². The molecule has 0 aromatic carbocycles. The Hall–Kier alpha value is -1.05. The molecule has 0 fully saturated rings. The molecule has 5 nitrogen and oxygen atoms in total. The molecule has 0 aliphatic carbocycles. The summed E-state index contributed by atoms with van der Waals surface area (Å²) in [6.07, 6.45) is 1.86. The zero-order valence-corrected chi connectivity index (χ0v) is 11.2. The van der Waals surface area contributed by atoms with Crippen LogP contribution in [0.3, 0.4) is 0 Å². The van der Waals surface area contributed by atoms with Crippen LogP contribution >= 0.6 is 0 Å². The highest BCUT2D eigenvalue weighted by atomic mass is 32.2. The standard InChI is InChI=1S/C11H17FN2O3S/c1-9(2)17-8-4-7-14-18(15,16)11-10(12)5-3-6-13-11/h3,5-6,9,14H,4,7-8H2,1-2H3. The first kappa shape index (κ1) is 15.0. The number of hydrogen-bond acceptors (Lipinski definition) is 4. The van der Waals surface area contributed by atoms with Crippen molar-refractivity contribution in [3.63, 3.8) is 0 Å². The van der Waals surface area contributed by atoms with Gasteiger partial charge in [0.1, 0.15) is 0 Å². The van der Waals surface area contributed by atoms with Gasteiger partial charge in [-0.15, -0.1) is 0 Å². The summed E-state index contributed by atoms with van der Waals surface area (Å²) in [5.74, 6) is -0.858. The summed E-state index contributed by atoms with van der Waals surface area (Å²) in [4.78, 5) is 3.52. The number of nitrogens with one attached hydrogen (secondary N) is 1. The van der Waals surface area contributed by atoms with E-state index >= 15 is 0 Å². The summed E-state index contributed by atoms with van der Waals surface area (Å²) in [7, 11) is -3.88. The van der Waals surface area contributed by atoms with Crippen molar-refractivity contribution in [2.75, 3.05) is 13.2 Å². The molecular formula is C11H17FN2O3S. The van der Waals surface area contributed by atoms with E-state index in [1.165, 1.54) is 12.3 Å². The minimum Gasteiger partial charge on any atom is -0.379 e. The Bertz CT molecular complexity index is 477. The molecule has 0 unspecified atom stereocenters. The average Bonchev–Trinajstić information content (AvgIpc) is 2.28. The van der Waals surface area contributed by atoms with Gasteiger partial charge in [-0.1, -0.05) is 0 Å². The van der Waals surface area contributed by atoms with Crippen molar-refractivity contribution < 1.29 is 17.5 Å². The Labute approximate surface area is 106 Å². The van der Waals surface area contributed by atoms with E-state index in [4.69, 9.17) is 4.74 Å². The molecule has 0 saturated carbocycles. The highest BCUT2D eigenvalue weighted by molar-refractivity contribution is 7.89. The molecule has 7 heteroatoms. The van der Waals surface area contributed by atoms with Crippen LogP contribution in [0, 0.1) is 5.82 Å². The lowest BCUT2D eigenvalue weighted by atomic mass is 10.4. The number of ether oxygens (including phenoxy) is 1. The van der Waals surface area contributed by atoms with Gasteiger partial charge in [-0.05, 0) is 32.4 Å². The topological polar surface area (TPSA) is 68.3 Å².